The standard InChI is InChI=1S/C31H24N6O3S3/c38-30-21-42-31(36(30)24-10-5-2-6-11-24)34-43(39,40)26-15-13-25(14-16-26)37-28(18-27(33-37)29-12-7-17-41-29)22-19-32-35(20-22)23-8-3-1-4-9-23/h1-17,19-20,28H,18,21H2/b34-31+. The predicted octanol–water partition coefficient (Wildman–Crippen LogP) is 6.11. The van der Waals surface area contributed by atoms with Gasteiger partial charge < -0.3 is 0 Å². The number of amides is 1. The zero-order chi connectivity index (χ0) is 29.4. The van der Waals surface area contributed by atoms with E-state index in [0.29, 0.717) is 12.1 Å². The summed E-state index contributed by atoms with van der Waals surface area (Å²) in [6, 6.07) is 29.3. The first kappa shape index (κ1) is 27.3. The number of amidine groups is 1. The molecule has 4 heterocycles. The van der Waals surface area contributed by atoms with Gasteiger partial charge in [-0.05, 0) is 60.0 Å². The van der Waals surface area contributed by atoms with E-state index in [4.69, 9.17) is 5.10 Å². The highest BCUT2D eigenvalue weighted by molar-refractivity contribution is 8.16. The molecule has 0 bridgehead atoms. The molecule has 1 unspecified atom stereocenters. The largest absolute Gasteiger partial charge is 0.284 e. The molecule has 2 aromatic heterocycles. The lowest BCUT2D eigenvalue weighted by atomic mass is 10.0. The van der Waals surface area contributed by atoms with Crippen LogP contribution in [0.25, 0.3) is 5.69 Å². The second-order valence-electron chi connectivity index (χ2n) is 9.84. The summed E-state index contributed by atoms with van der Waals surface area (Å²) in [4.78, 5) is 15.0. The van der Waals surface area contributed by atoms with Gasteiger partial charge in [-0.15, -0.1) is 15.7 Å². The Labute approximate surface area is 256 Å². The number of thiophene rings is 1. The van der Waals surface area contributed by atoms with E-state index >= 15 is 0 Å². The normalized spacial score (nSPS) is 18.0. The number of carbonyl (C=O) groups excluding carboxylic acids is 1. The van der Waals surface area contributed by atoms with Crippen molar-refractivity contribution in [2.24, 2.45) is 9.50 Å². The van der Waals surface area contributed by atoms with Crippen molar-refractivity contribution in [2.75, 3.05) is 15.7 Å². The number of hydrogen-bond acceptors (Lipinski definition) is 8. The fraction of sp³-hybridized carbons (Fsp3) is 0.0968. The molecular weight excluding hydrogens is 601 g/mol. The molecule has 1 amide bonds. The van der Waals surface area contributed by atoms with Crippen LogP contribution in [0.1, 0.15) is 22.9 Å². The zero-order valence-electron chi connectivity index (χ0n) is 22.6. The van der Waals surface area contributed by atoms with E-state index in [1.807, 2.05) is 69.9 Å². The molecule has 1 fully saturated rings. The zero-order valence-corrected chi connectivity index (χ0v) is 25.0. The third kappa shape index (κ3) is 5.40. The Hall–Kier alpha value is -4.52. The van der Waals surface area contributed by atoms with Gasteiger partial charge in [-0.3, -0.25) is 14.7 Å². The van der Waals surface area contributed by atoms with Gasteiger partial charge in [0.1, 0.15) is 0 Å². The van der Waals surface area contributed by atoms with E-state index in [2.05, 4.69) is 15.6 Å². The summed E-state index contributed by atoms with van der Waals surface area (Å²) in [7, 11) is -4.08. The SMILES string of the molecule is O=C1CS/C(=N/S(=O)(=O)c2ccc(N3N=C(c4cccs4)CC3c3cnn(-c4ccccc4)c3)cc2)N1c1ccccc1. The van der Waals surface area contributed by atoms with Gasteiger partial charge in [-0.1, -0.05) is 54.2 Å². The topological polar surface area (TPSA) is 100 Å². The number of aromatic nitrogens is 2. The maximum atomic E-state index is 13.3. The molecule has 5 aromatic rings. The Bertz CT molecular complexity index is 1940. The number of anilines is 2. The van der Waals surface area contributed by atoms with Gasteiger partial charge in [-0.2, -0.15) is 18.6 Å². The minimum Gasteiger partial charge on any atom is -0.273 e. The van der Waals surface area contributed by atoms with Crippen LogP contribution in [0.15, 0.2) is 129 Å². The van der Waals surface area contributed by atoms with Gasteiger partial charge >= 0.3 is 0 Å². The van der Waals surface area contributed by atoms with Gasteiger partial charge in [-0.25, -0.2) is 4.68 Å². The minimum atomic E-state index is -4.08. The first-order valence-corrected chi connectivity index (χ1v) is 16.7. The van der Waals surface area contributed by atoms with Crippen molar-refractivity contribution >= 4 is 61.3 Å². The van der Waals surface area contributed by atoms with E-state index < -0.39 is 10.0 Å². The number of hydrogen-bond donors (Lipinski definition) is 0. The number of rotatable bonds is 7. The summed E-state index contributed by atoms with van der Waals surface area (Å²) in [6.45, 7) is 0. The summed E-state index contributed by atoms with van der Waals surface area (Å²) >= 11 is 2.74. The fourth-order valence-corrected chi connectivity index (χ4v) is 7.83. The van der Waals surface area contributed by atoms with Crippen molar-refractivity contribution in [1.82, 2.24) is 9.78 Å². The molecule has 7 rings (SSSR count). The van der Waals surface area contributed by atoms with Crippen LogP contribution in [0.5, 0.6) is 0 Å². The van der Waals surface area contributed by atoms with Crippen LogP contribution in [0.2, 0.25) is 0 Å². The highest BCUT2D eigenvalue weighted by Crippen LogP contribution is 2.38. The Morgan fingerprint density at radius 2 is 1.56 bits per heavy atom. The van der Waals surface area contributed by atoms with Gasteiger partial charge in [0.2, 0.25) is 5.91 Å². The molecule has 1 saturated heterocycles. The number of benzene rings is 3. The lowest BCUT2D eigenvalue weighted by Gasteiger charge is -2.22. The van der Waals surface area contributed by atoms with Gasteiger partial charge in [0, 0.05) is 18.2 Å². The van der Waals surface area contributed by atoms with E-state index in [-0.39, 0.29) is 27.8 Å². The maximum Gasteiger partial charge on any atom is 0.284 e. The Kier molecular flexibility index (Phi) is 7.17. The van der Waals surface area contributed by atoms with Crippen LogP contribution in [0.3, 0.4) is 0 Å². The number of thioether (sulfide) groups is 1. The minimum absolute atomic E-state index is 0.0341. The molecule has 0 radical (unpaired) electrons. The lowest BCUT2D eigenvalue weighted by molar-refractivity contribution is -0.115. The Morgan fingerprint density at radius 3 is 2.26 bits per heavy atom. The molecule has 9 nitrogen and oxygen atoms in total. The molecule has 0 N–H and O–H groups in total. The van der Waals surface area contributed by atoms with Crippen molar-refractivity contribution < 1.29 is 13.2 Å². The van der Waals surface area contributed by atoms with Gasteiger partial charge in [0.25, 0.3) is 10.0 Å². The van der Waals surface area contributed by atoms with E-state index in [9.17, 15) is 13.2 Å². The van der Waals surface area contributed by atoms with Crippen LogP contribution >= 0.6 is 23.1 Å². The Balaban J connectivity index is 1.19. The van der Waals surface area contributed by atoms with Crippen molar-refractivity contribution in [1.29, 1.82) is 0 Å². The molecule has 0 spiro atoms. The van der Waals surface area contributed by atoms with Crippen LogP contribution in [0.4, 0.5) is 11.4 Å². The molecule has 43 heavy (non-hydrogen) atoms. The molecule has 0 saturated carbocycles. The average molecular weight is 625 g/mol. The molecule has 2 aliphatic rings. The van der Waals surface area contributed by atoms with Crippen LogP contribution < -0.4 is 9.91 Å². The summed E-state index contributed by atoms with van der Waals surface area (Å²) in [6.07, 6.45) is 4.54. The maximum absolute atomic E-state index is 13.3. The van der Waals surface area contributed by atoms with E-state index in [1.165, 1.54) is 17.0 Å². The smallest absolute Gasteiger partial charge is 0.273 e. The number of sulfonamides is 1. The second-order valence-corrected chi connectivity index (χ2v) is 13.3. The van der Waals surface area contributed by atoms with E-state index in [1.54, 1.807) is 47.7 Å². The molecule has 12 heteroatoms. The molecule has 3 aromatic carbocycles. The van der Waals surface area contributed by atoms with Gasteiger partial charge in [0.05, 0.1) is 50.5 Å². The van der Waals surface area contributed by atoms with Crippen LogP contribution in [-0.4, -0.2) is 40.7 Å². The highest BCUT2D eigenvalue weighted by atomic mass is 32.2. The summed E-state index contributed by atoms with van der Waals surface area (Å²) in [5.74, 6) is -0.0835. The average Bonchev–Trinajstić information content (AvgIpc) is 3.85. The first-order valence-electron chi connectivity index (χ1n) is 13.4. The third-order valence-electron chi connectivity index (χ3n) is 7.10. The predicted molar refractivity (Wildman–Crippen MR) is 172 cm³/mol. The molecular formula is C31H24N6O3S3. The number of hydrazone groups is 1. The second kappa shape index (κ2) is 11.3. The molecule has 214 valence electrons. The van der Waals surface area contributed by atoms with Crippen molar-refractivity contribution in [3.8, 4) is 5.69 Å². The van der Waals surface area contributed by atoms with Crippen LogP contribution in [-0.2, 0) is 14.8 Å². The summed E-state index contributed by atoms with van der Waals surface area (Å²) in [5.41, 5.74) is 4.23. The molecule has 0 aliphatic carbocycles. The monoisotopic (exact) mass is 624 g/mol. The van der Waals surface area contributed by atoms with Gasteiger partial charge in [0.15, 0.2) is 5.17 Å². The van der Waals surface area contributed by atoms with Crippen molar-refractivity contribution in [3.63, 3.8) is 0 Å². The first-order chi connectivity index (χ1) is 21.0. The fourth-order valence-electron chi connectivity index (χ4n) is 5.02. The van der Waals surface area contributed by atoms with Crippen molar-refractivity contribution in [2.45, 2.75) is 17.4 Å². The number of nitrogens with zero attached hydrogens (tertiary/aromatic N) is 6. The summed E-state index contributed by atoms with van der Waals surface area (Å²) in [5, 5.41) is 13.6. The van der Waals surface area contributed by atoms with Crippen molar-refractivity contribution in [3.05, 3.63) is 125 Å². The Morgan fingerprint density at radius 1 is 0.837 bits per heavy atom. The quantitative estimate of drug-likeness (QED) is 0.217. The summed E-state index contributed by atoms with van der Waals surface area (Å²) < 4.78 is 32.6. The number of carbonyl (C=O) groups is 1. The molecule has 1 atom stereocenters. The van der Waals surface area contributed by atoms with E-state index in [0.717, 1.165) is 39.3 Å². The highest BCUT2D eigenvalue weighted by Gasteiger charge is 2.33. The third-order valence-corrected chi connectivity index (χ3v) is 10.3. The number of para-hydroxylation sites is 2. The lowest BCUT2D eigenvalue weighted by Crippen LogP contribution is -2.29. The van der Waals surface area contributed by atoms with Crippen LogP contribution in [0, 0.1) is 0 Å². The molecule has 2 aliphatic heterocycles.